The first-order valence-corrected chi connectivity index (χ1v) is 6.10. The van der Waals surface area contributed by atoms with Gasteiger partial charge in [0.05, 0.1) is 0 Å². The van der Waals surface area contributed by atoms with Gasteiger partial charge in [-0.25, -0.2) is 0 Å². The van der Waals surface area contributed by atoms with Gasteiger partial charge in [0, 0.05) is 0 Å². The fourth-order valence-corrected chi connectivity index (χ4v) is 1.51. The highest BCUT2D eigenvalue weighted by Gasteiger charge is 1.88. The van der Waals surface area contributed by atoms with E-state index in [0.717, 1.165) is 12.7 Å². The zero-order valence-electron chi connectivity index (χ0n) is 10.2. The van der Waals surface area contributed by atoms with Gasteiger partial charge >= 0.3 is 0 Å². The van der Waals surface area contributed by atoms with Gasteiger partial charge in [-0.05, 0) is 25.8 Å². The predicted octanol–water partition coefficient (Wildman–Crippen LogP) is 4.44. The highest BCUT2D eigenvalue weighted by molar-refractivity contribution is 5.65. The van der Waals surface area contributed by atoms with Crippen LogP contribution < -0.4 is 0 Å². The van der Waals surface area contributed by atoms with Crippen molar-refractivity contribution in [2.45, 2.75) is 58.8 Å². The minimum Gasteiger partial charge on any atom is -0.299 e. The Bertz CT molecular complexity index is 201. The SMILES string of the molecule is CCCCCCCCC=C(C)/C=C/C=O. The molecule has 0 rings (SSSR count). The molecular weight excluding hydrogens is 184 g/mol. The summed E-state index contributed by atoms with van der Waals surface area (Å²) in [4.78, 5) is 10.1. The molecule has 1 heteroatoms. The first-order valence-electron chi connectivity index (χ1n) is 6.10. The van der Waals surface area contributed by atoms with Crippen LogP contribution >= 0.6 is 0 Å². The van der Waals surface area contributed by atoms with Crippen molar-refractivity contribution < 1.29 is 4.79 Å². The van der Waals surface area contributed by atoms with Crippen LogP contribution in [0.3, 0.4) is 0 Å². The summed E-state index contributed by atoms with van der Waals surface area (Å²) in [6.45, 7) is 4.28. The van der Waals surface area contributed by atoms with E-state index < -0.39 is 0 Å². The molecule has 0 heterocycles. The molecule has 0 bridgehead atoms. The second-order valence-electron chi connectivity index (χ2n) is 4.00. The molecule has 0 aliphatic carbocycles. The van der Waals surface area contributed by atoms with Crippen molar-refractivity contribution in [3.05, 3.63) is 23.8 Å². The number of hydrogen-bond donors (Lipinski definition) is 0. The summed E-state index contributed by atoms with van der Waals surface area (Å²) in [5, 5.41) is 0. The van der Waals surface area contributed by atoms with Crippen LogP contribution in [0.5, 0.6) is 0 Å². The van der Waals surface area contributed by atoms with Gasteiger partial charge in [0.25, 0.3) is 0 Å². The average Bonchev–Trinajstić information content (AvgIpc) is 2.25. The van der Waals surface area contributed by atoms with E-state index in [9.17, 15) is 4.79 Å². The largest absolute Gasteiger partial charge is 0.299 e. The van der Waals surface area contributed by atoms with Crippen LogP contribution in [0.25, 0.3) is 0 Å². The minimum atomic E-state index is 0.822. The Morgan fingerprint density at radius 1 is 1.07 bits per heavy atom. The van der Waals surface area contributed by atoms with E-state index in [4.69, 9.17) is 0 Å². The molecule has 86 valence electrons. The van der Waals surface area contributed by atoms with Crippen molar-refractivity contribution in [3.63, 3.8) is 0 Å². The van der Waals surface area contributed by atoms with Crippen molar-refractivity contribution in [2.75, 3.05) is 0 Å². The van der Waals surface area contributed by atoms with E-state index >= 15 is 0 Å². The molecule has 0 atom stereocenters. The van der Waals surface area contributed by atoms with Crippen molar-refractivity contribution in [1.29, 1.82) is 0 Å². The number of allylic oxidation sites excluding steroid dienone is 4. The topological polar surface area (TPSA) is 17.1 Å². The van der Waals surface area contributed by atoms with Gasteiger partial charge in [-0.2, -0.15) is 0 Å². The molecule has 0 radical (unpaired) electrons. The third-order valence-electron chi connectivity index (χ3n) is 2.46. The predicted molar refractivity (Wildman–Crippen MR) is 67.0 cm³/mol. The first kappa shape index (κ1) is 14.2. The van der Waals surface area contributed by atoms with Crippen LogP contribution in [0.15, 0.2) is 23.8 Å². The normalized spacial score (nSPS) is 12.3. The molecule has 0 spiro atoms. The Kier molecular flexibility index (Phi) is 10.6. The maximum Gasteiger partial charge on any atom is 0.142 e. The second kappa shape index (κ2) is 11.2. The number of unbranched alkanes of at least 4 members (excludes halogenated alkanes) is 6. The van der Waals surface area contributed by atoms with Gasteiger partial charge in [0.15, 0.2) is 0 Å². The lowest BCUT2D eigenvalue weighted by molar-refractivity contribution is -0.104. The highest BCUT2D eigenvalue weighted by atomic mass is 16.1. The quantitative estimate of drug-likeness (QED) is 0.237. The van der Waals surface area contributed by atoms with E-state index in [-0.39, 0.29) is 0 Å². The summed E-state index contributed by atoms with van der Waals surface area (Å²) in [5.74, 6) is 0. The van der Waals surface area contributed by atoms with Gasteiger partial charge in [-0.15, -0.1) is 0 Å². The molecule has 0 aliphatic rings. The Hall–Kier alpha value is -0.850. The van der Waals surface area contributed by atoms with Crippen LogP contribution in [0.2, 0.25) is 0 Å². The Balaban J connectivity index is 3.36. The third kappa shape index (κ3) is 11.1. The number of carbonyl (C=O) groups is 1. The number of carbonyl (C=O) groups excluding carboxylic acids is 1. The number of rotatable bonds is 9. The molecule has 0 unspecified atom stereocenters. The summed E-state index contributed by atoms with van der Waals surface area (Å²) < 4.78 is 0. The van der Waals surface area contributed by atoms with Crippen molar-refractivity contribution in [2.24, 2.45) is 0 Å². The Morgan fingerprint density at radius 3 is 2.40 bits per heavy atom. The molecule has 0 aromatic rings. The lowest BCUT2D eigenvalue weighted by Crippen LogP contribution is -1.78. The lowest BCUT2D eigenvalue weighted by Gasteiger charge is -1.98. The van der Waals surface area contributed by atoms with Gasteiger partial charge < -0.3 is 0 Å². The molecule has 15 heavy (non-hydrogen) atoms. The summed E-state index contributed by atoms with van der Waals surface area (Å²) >= 11 is 0. The fourth-order valence-electron chi connectivity index (χ4n) is 1.51. The smallest absolute Gasteiger partial charge is 0.142 e. The molecule has 0 fully saturated rings. The highest BCUT2D eigenvalue weighted by Crippen LogP contribution is 2.08. The molecule has 0 saturated carbocycles. The van der Waals surface area contributed by atoms with Gasteiger partial charge in [0.2, 0.25) is 0 Å². The van der Waals surface area contributed by atoms with Crippen LogP contribution in [0.4, 0.5) is 0 Å². The van der Waals surface area contributed by atoms with E-state index in [0.29, 0.717) is 0 Å². The van der Waals surface area contributed by atoms with Crippen LogP contribution in [0, 0.1) is 0 Å². The minimum absolute atomic E-state index is 0.822. The van der Waals surface area contributed by atoms with Crippen molar-refractivity contribution in [1.82, 2.24) is 0 Å². The standard InChI is InChI=1S/C14H24O/c1-3-4-5-6-7-8-9-11-14(2)12-10-13-15/h10-13H,3-9H2,1-2H3/b12-10+,14-11?. The fraction of sp³-hybridized carbons (Fsp3) is 0.643. The third-order valence-corrected chi connectivity index (χ3v) is 2.46. The summed E-state index contributed by atoms with van der Waals surface area (Å²) in [7, 11) is 0. The monoisotopic (exact) mass is 208 g/mol. The average molecular weight is 208 g/mol. The molecule has 0 saturated heterocycles. The zero-order valence-corrected chi connectivity index (χ0v) is 10.2. The summed E-state index contributed by atoms with van der Waals surface area (Å²) in [5.41, 5.74) is 1.19. The van der Waals surface area contributed by atoms with E-state index in [2.05, 4.69) is 13.0 Å². The van der Waals surface area contributed by atoms with Gasteiger partial charge in [-0.1, -0.05) is 56.8 Å². The lowest BCUT2D eigenvalue weighted by atomic mass is 10.1. The molecule has 0 aromatic heterocycles. The zero-order chi connectivity index (χ0) is 11.4. The summed E-state index contributed by atoms with van der Waals surface area (Å²) in [6, 6.07) is 0. The van der Waals surface area contributed by atoms with Crippen LogP contribution in [-0.2, 0) is 4.79 Å². The maximum absolute atomic E-state index is 10.1. The van der Waals surface area contributed by atoms with E-state index in [1.807, 2.05) is 13.0 Å². The van der Waals surface area contributed by atoms with Crippen molar-refractivity contribution in [3.8, 4) is 0 Å². The molecule has 1 nitrogen and oxygen atoms in total. The van der Waals surface area contributed by atoms with Gasteiger partial charge in [0.1, 0.15) is 6.29 Å². The Morgan fingerprint density at radius 2 is 1.73 bits per heavy atom. The molecule has 0 amide bonds. The van der Waals surface area contributed by atoms with E-state index in [1.165, 1.54) is 44.1 Å². The van der Waals surface area contributed by atoms with E-state index in [1.54, 1.807) is 6.08 Å². The number of aldehydes is 1. The van der Waals surface area contributed by atoms with Crippen molar-refractivity contribution >= 4 is 6.29 Å². The van der Waals surface area contributed by atoms with Gasteiger partial charge in [-0.3, -0.25) is 4.79 Å². The number of hydrogen-bond acceptors (Lipinski definition) is 1. The maximum atomic E-state index is 10.1. The second-order valence-corrected chi connectivity index (χ2v) is 4.00. The molecular formula is C14H24O. The first-order chi connectivity index (χ1) is 7.31. The summed E-state index contributed by atoms with van der Waals surface area (Å²) in [6.07, 6.45) is 15.6. The Labute approximate surface area is 94.3 Å². The van der Waals surface area contributed by atoms with Crippen LogP contribution in [-0.4, -0.2) is 6.29 Å². The van der Waals surface area contributed by atoms with Crippen LogP contribution in [0.1, 0.15) is 58.8 Å². The molecule has 0 aliphatic heterocycles. The molecule has 0 N–H and O–H groups in total. The molecule has 0 aromatic carbocycles.